The van der Waals surface area contributed by atoms with Crippen molar-refractivity contribution in [3.63, 3.8) is 0 Å². The first kappa shape index (κ1) is 20.9. The average molecular weight is 433 g/mol. The molecular formula is C26H28N2O4. The van der Waals surface area contributed by atoms with Crippen molar-refractivity contribution >= 4 is 23.2 Å². The number of rotatable bonds is 5. The first-order valence-corrected chi connectivity index (χ1v) is 11.4. The number of carbonyl (C=O) groups is 3. The Morgan fingerprint density at radius 1 is 1.09 bits per heavy atom. The van der Waals surface area contributed by atoms with Crippen LogP contribution in [0.5, 0.6) is 5.75 Å². The number of anilines is 1. The minimum Gasteiger partial charge on any atom is -0.486 e. The van der Waals surface area contributed by atoms with Gasteiger partial charge in [-0.15, -0.1) is 0 Å². The summed E-state index contributed by atoms with van der Waals surface area (Å²) in [6, 6.07) is 12.9. The summed E-state index contributed by atoms with van der Waals surface area (Å²) in [5.41, 5.74) is 2.66. The van der Waals surface area contributed by atoms with E-state index in [2.05, 4.69) is 10.2 Å². The van der Waals surface area contributed by atoms with Gasteiger partial charge in [-0.1, -0.05) is 11.6 Å². The molecular weight excluding hydrogens is 404 g/mol. The van der Waals surface area contributed by atoms with Gasteiger partial charge in [0, 0.05) is 43.1 Å². The summed E-state index contributed by atoms with van der Waals surface area (Å²) in [5, 5.41) is 2.90. The summed E-state index contributed by atoms with van der Waals surface area (Å²) < 4.78 is 6.32. The van der Waals surface area contributed by atoms with Crippen molar-refractivity contribution in [1.29, 1.82) is 0 Å². The van der Waals surface area contributed by atoms with E-state index in [0.717, 1.165) is 50.0 Å². The normalized spacial score (nSPS) is 19.8. The lowest BCUT2D eigenvalue weighted by atomic mass is 9.82. The van der Waals surface area contributed by atoms with Crippen molar-refractivity contribution in [3.8, 4) is 5.75 Å². The fourth-order valence-corrected chi connectivity index (χ4v) is 4.63. The number of Topliss-reactive ketones (excluding diaryl/α,β-unsaturated/α-hetero) is 2. The van der Waals surface area contributed by atoms with Crippen LogP contribution in [0.4, 0.5) is 5.69 Å². The Morgan fingerprint density at radius 3 is 2.50 bits per heavy atom. The van der Waals surface area contributed by atoms with Gasteiger partial charge in [-0.05, 0) is 56.2 Å². The van der Waals surface area contributed by atoms with Crippen LogP contribution in [0, 0.1) is 12.8 Å². The Hall–Kier alpha value is -2.99. The molecule has 2 heterocycles. The highest BCUT2D eigenvalue weighted by molar-refractivity contribution is 6.01. The predicted octanol–water partition coefficient (Wildman–Crippen LogP) is 4.03. The maximum absolute atomic E-state index is 12.8. The van der Waals surface area contributed by atoms with E-state index in [0.29, 0.717) is 29.8 Å². The number of amides is 1. The largest absolute Gasteiger partial charge is 0.486 e. The molecule has 166 valence electrons. The molecule has 2 aromatic carbocycles. The zero-order chi connectivity index (χ0) is 22.3. The summed E-state index contributed by atoms with van der Waals surface area (Å²) in [4.78, 5) is 39.5. The van der Waals surface area contributed by atoms with Crippen LogP contribution in [0.2, 0.25) is 0 Å². The molecule has 3 aliphatic rings. The molecule has 0 bridgehead atoms. The number of hydrogen-bond acceptors (Lipinski definition) is 5. The second kappa shape index (κ2) is 8.17. The Labute approximate surface area is 187 Å². The molecule has 6 nitrogen and oxygen atoms in total. The molecule has 0 unspecified atom stereocenters. The average Bonchev–Trinajstić information content (AvgIpc) is 3.62. The number of benzene rings is 2. The predicted molar refractivity (Wildman–Crippen MR) is 121 cm³/mol. The Bertz CT molecular complexity index is 1060. The fourth-order valence-electron chi connectivity index (χ4n) is 4.63. The lowest BCUT2D eigenvalue weighted by Crippen LogP contribution is -2.51. The third kappa shape index (κ3) is 4.32. The number of nitrogens with one attached hydrogen (secondary N) is 1. The van der Waals surface area contributed by atoms with E-state index >= 15 is 0 Å². The Kier molecular flexibility index (Phi) is 5.33. The highest BCUT2D eigenvalue weighted by Gasteiger charge is 2.43. The standard InChI is InChI=1S/C26H28N2O4/c1-17-2-9-24-21(14-17)22(29)15-26(32-24)10-12-28(13-11-26)16-23(30)18-5-7-20(8-6-18)27-25(31)19-3-4-19/h2,5-9,14,19H,3-4,10-13,15-16H2,1H3,(H,27,31). The van der Waals surface area contributed by atoms with E-state index in [9.17, 15) is 14.4 Å². The third-order valence-electron chi connectivity index (χ3n) is 6.80. The van der Waals surface area contributed by atoms with Crippen molar-refractivity contribution in [3.05, 3.63) is 59.2 Å². The van der Waals surface area contributed by atoms with E-state index in [4.69, 9.17) is 4.74 Å². The number of piperidine rings is 1. The second-order valence-electron chi connectivity index (χ2n) is 9.42. The van der Waals surface area contributed by atoms with Gasteiger partial charge in [0.2, 0.25) is 5.91 Å². The van der Waals surface area contributed by atoms with Crippen LogP contribution in [-0.2, 0) is 4.79 Å². The molecule has 1 N–H and O–H groups in total. The monoisotopic (exact) mass is 432 g/mol. The molecule has 0 atom stereocenters. The van der Waals surface area contributed by atoms with E-state index in [1.807, 2.05) is 25.1 Å². The van der Waals surface area contributed by atoms with E-state index in [-0.39, 0.29) is 23.4 Å². The topological polar surface area (TPSA) is 75.7 Å². The number of aryl methyl sites for hydroxylation is 1. The van der Waals surface area contributed by atoms with Crippen molar-refractivity contribution in [2.75, 3.05) is 25.0 Å². The molecule has 1 spiro atoms. The van der Waals surface area contributed by atoms with Crippen molar-refractivity contribution in [2.45, 2.75) is 44.6 Å². The maximum Gasteiger partial charge on any atom is 0.227 e. The summed E-state index contributed by atoms with van der Waals surface area (Å²) >= 11 is 0. The van der Waals surface area contributed by atoms with E-state index in [1.165, 1.54) is 0 Å². The Balaban J connectivity index is 1.16. The van der Waals surface area contributed by atoms with Crippen LogP contribution in [-0.4, -0.2) is 47.6 Å². The first-order chi connectivity index (χ1) is 15.4. The second-order valence-corrected chi connectivity index (χ2v) is 9.42. The Morgan fingerprint density at radius 2 is 1.81 bits per heavy atom. The molecule has 32 heavy (non-hydrogen) atoms. The molecule has 6 heteroatoms. The van der Waals surface area contributed by atoms with Crippen molar-refractivity contribution in [2.24, 2.45) is 5.92 Å². The zero-order valence-corrected chi connectivity index (χ0v) is 18.4. The van der Waals surface area contributed by atoms with Gasteiger partial charge in [0.1, 0.15) is 11.4 Å². The van der Waals surface area contributed by atoms with Gasteiger partial charge in [-0.3, -0.25) is 19.3 Å². The summed E-state index contributed by atoms with van der Waals surface area (Å²) in [6.07, 6.45) is 3.78. The minimum atomic E-state index is -0.458. The zero-order valence-electron chi connectivity index (χ0n) is 18.4. The van der Waals surface area contributed by atoms with Gasteiger partial charge in [-0.2, -0.15) is 0 Å². The number of ether oxygens (including phenoxy) is 1. The summed E-state index contributed by atoms with van der Waals surface area (Å²) in [7, 11) is 0. The number of hydrogen-bond donors (Lipinski definition) is 1. The number of carbonyl (C=O) groups excluding carboxylic acids is 3. The molecule has 0 radical (unpaired) electrons. The van der Waals surface area contributed by atoms with Crippen molar-refractivity contribution in [1.82, 2.24) is 4.90 Å². The van der Waals surface area contributed by atoms with Gasteiger partial charge >= 0.3 is 0 Å². The lowest BCUT2D eigenvalue weighted by molar-refractivity contribution is -0.117. The lowest BCUT2D eigenvalue weighted by Gasteiger charge is -2.43. The third-order valence-corrected chi connectivity index (χ3v) is 6.80. The van der Waals surface area contributed by atoms with Gasteiger partial charge in [-0.25, -0.2) is 0 Å². The fraction of sp³-hybridized carbons (Fsp3) is 0.423. The van der Waals surface area contributed by atoms with Crippen LogP contribution < -0.4 is 10.1 Å². The molecule has 5 rings (SSSR count). The SMILES string of the molecule is Cc1ccc2c(c1)C(=O)CC1(CCN(CC(=O)c3ccc(NC(=O)C4CC4)cc3)CC1)O2. The highest BCUT2D eigenvalue weighted by atomic mass is 16.5. The van der Waals surface area contributed by atoms with Crippen LogP contribution in [0.25, 0.3) is 0 Å². The van der Waals surface area contributed by atoms with Gasteiger partial charge in [0.15, 0.2) is 11.6 Å². The number of likely N-dealkylation sites (tertiary alicyclic amines) is 1. The molecule has 1 saturated carbocycles. The van der Waals surface area contributed by atoms with Gasteiger partial charge < -0.3 is 10.1 Å². The molecule has 0 aromatic heterocycles. The van der Waals surface area contributed by atoms with Gasteiger partial charge in [0.05, 0.1) is 18.5 Å². The quantitative estimate of drug-likeness (QED) is 0.722. The van der Waals surface area contributed by atoms with E-state index < -0.39 is 5.60 Å². The van der Waals surface area contributed by atoms with Crippen LogP contribution in [0.3, 0.4) is 0 Å². The van der Waals surface area contributed by atoms with E-state index in [1.54, 1.807) is 24.3 Å². The van der Waals surface area contributed by atoms with Crippen LogP contribution in [0.1, 0.15) is 58.4 Å². The molecule has 2 aliphatic heterocycles. The highest BCUT2D eigenvalue weighted by Crippen LogP contribution is 2.39. The molecule has 1 amide bonds. The molecule has 2 aromatic rings. The number of fused-ring (bicyclic) bond motifs is 1. The van der Waals surface area contributed by atoms with Crippen LogP contribution >= 0.6 is 0 Å². The summed E-state index contributed by atoms with van der Waals surface area (Å²) in [6.45, 7) is 3.75. The smallest absolute Gasteiger partial charge is 0.227 e. The van der Waals surface area contributed by atoms with Gasteiger partial charge in [0.25, 0.3) is 0 Å². The molecule has 2 fully saturated rings. The maximum atomic E-state index is 12.8. The minimum absolute atomic E-state index is 0.0579. The first-order valence-electron chi connectivity index (χ1n) is 11.4. The van der Waals surface area contributed by atoms with Crippen LogP contribution in [0.15, 0.2) is 42.5 Å². The van der Waals surface area contributed by atoms with Crippen molar-refractivity contribution < 1.29 is 19.1 Å². The molecule has 1 saturated heterocycles. The number of nitrogens with zero attached hydrogens (tertiary/aromatic N) is 1. The summed E-state index contributed by atoms with van der Waals surface area (Å²) in [5.74, 6) is 1.10. The number of ketones is 2. The molecule has 1 aliphatic carbocycles.